The molecule has 2 N–H and O–H groups in total. The largest absolute Gasteiger partial charge is 0.478 e. The minimum absolute atomic E-state index is 0.132. The van der Waals surface area contributed by atoms with Crippen LogP contribution in [0, 0.1) is 0 Å². The molecule has 0 saturated heterocycles. The average molecular weight is 313 g/mol. The van der Waals surface area contributed by atoms with Crippen LogP contribution >= 0.6 is 0 Å². The number of sulfonamides is 1. The lowest BCUT2D eigenvalue weighted by molar-refractivity contribution is 0.327. The van der Waals surface area contributed by atoms with Crippen molar-refractivity contribution in [1.29, 1.82) is 0 Å². The van der Waals surface area contributed by atoms with Crippen molar-refractivity contribution in [2.75, 3.05) is 23.6 Å². The zero-order valence-electron chi connectivity index (χ0n) is 12.3. The van der Waals surface area contributed by atoms with E-state index < -0.39 is 10.0 Å². The molecule has 1 aromatic rings. The Labute approximate surface area is 126 Å². The van der Waals surface area contributed by atoms with Gasteiger partial charge in [-0.1, -0.05) is 0 Å². The van der Waals surface area contributed by atoms with Gasteiger partial charge in [-0.05, 0) is 45.2 Å². The minimum atomic E-state index is -3.30. The van der Waals surface area contributed by atoms with Gasteiger partial charge in [0.25, 0.3) is 0 Å². The molecule has 1 aromatic heterocycles. The van der Waals surface area contributed by atoms with Gasteiger partial charge in [-0.2, -0.15) is 0 Å². The van der Waals surface area contributed by atoms with Gasteiger partial charge in [0.05, 0.1) is 24.2 Å². The predicted octanol–water partition coefficient (Wildman–Crippen LogP) is 1.75. The molecule has 0 bridgehead atoms. The molecule has 6 nitrogen and oxygen atoms in total. The Morgan fingerprint density at radius 2 is 2.14 bits per heavy atom. The average Bonchev–Trinajstić information content (AvgIpc) is 3.25. The Kier molecular flexibility index (Phi) is 5.81. The number of pyridine rings is 1. The quantitative estimate of drug-likeness (QED) is 0.643. The third-order valence-corrected chi connectivity index (χ3v) is 4.52. The van der Waals surface area contributed by atoms with E-state index in [1.54, 1.807) is 12.1 Å². The maximum Gasteiger partial charge on any atom is 0.232 e. The molecular formula is C14H23N3O3S. The zero-order chi connectivity index (χ0) is 15.1. The van der Waals surface area contributed by atoms with Gasteiger partial charge in [-0.3, -0.25) is 4.72 Å². The molecule has 2 rings (SSSR count). The van der Waals surface area contributed by atoms with E-state index in [0.29, 0.717) is 30.6 Å². The Hall–Kier alpha value is -1.34. The number of nitrogens with one attached hydrogen (secondary N) is 2. The molecule has 1 heterocycles. The monoisotopic (exact) mass is 313 g/mol. The van der Waals surface area contributed by atoms with E-state index in [1.165, 1.54) is 19.0 Å². The normalized spacial score (nSPS) is 14.9. The maximum atomic E-state index is 11.9. The van der Waals surface area contributed by atoms with Gasteiger partial charge in [0.1, 0.15) is 0 Å². The third kappa shape index (κ3) is 6.31. The summed E-state index contributed by atoms with van der Waals surface area (Å²) >= 11 is 0. The number of anilines is 1. The number of aromatic nitrogens is 1. The molecule has 118 valence electrons. The maximum absolute atomic E-state index is 11.9. The van der Waals surface area contributed by atoms with Crippen molar-refractivity contribution in [3.63, 3.8) is 0 Å². The fourth-order valence-corrected chi connectivity index (χ4v) is 3.08. The molecule has 0 aromatic carbocycles. The van der Waals surface area contributed by atoms with Crippen LogP contribution in [0.2, 0.25) is 0 Å². The lowest BCUT2D eigenvalue weighted by atomic mass is 10.3. The van der Waals surface area contributed by atoms with Crippen LogP contribution in [0.5, 0.6) is 5.88 Å². The molecule has 1 fully saturated rings. The summed E-state index contributed by atoms with van der Waals surface area (Å²) < 4.78 is 31.6. The first-order chi connectivity index (χ1) is 10.1. The number of hydrogen-bond acceptors (Lipinski definition) is 5. The summed E-state index contributed by atoms with van der Waals surface area (Å²) in [4.78, 5) is 4.03. The molecule has 0 radical (unpaired) electrons. The lowest BCUT2D eigenvalue weighted by Crippen LogP contribution is -2.20. The first kappa shape index (κ1) is 16.0. The van der Waals surface area contributed by atoms with Crippen LogP contribution in [-0.4, -0.2) is 38.3 Å². The molecule has 0 aliphatic heterocycles. The van der Waals surface area contributed by atoms with Crippen molar-refractivity contribution in [1.82, 2.24) is 10.3 Å². The van der Waals surface area contributed by atoms with Crippen LogP contribution in [0.1, 0.15) is 32.6 Å². The molecule has 1 saturated carbocycles. The van der Waals surface area contributed by atoms with Gasteiger partial charge in [-0.15, -0.1) is 0 Å². The second-order valence-electron chi connectivity index (χ2n) is 5.17. The van der Waals surface area contributed by atoms with Crippen LogP contribution in [0.4, 0.5) is 5.69 Å². The van der Waals surface area contributed by atoms with E-state index in [1.807, 2.05) is 6.92 Å². The summed E-state index contributed by atoms with van der Waals surface area (Å²) in [5.74, 6) is 0.624. The summed E-state index contributed by atoms with van der Waals surface area (Å²) in [6, 6.07) is 3.99. The number of ether oxygens (including phenoxy) is 1. The highest BCUT2D eigenvalue weighted by Crippen LogP contribution is 2.18. The third-order valence-electron chi connectivity index (χ3n) is 3.15. The Morgan fingerprint density at radius 3 is 2.76 bits per heavy atom. The van der Waals surface area contributed by atoms with Gasteiger partial charge in [0, 0.05) is 12.1 Å². The van der Waals surface area contributed by atoms with Crippen molar-refractivity contribution in [3.8, 4) is 5.88 Å². The van der Waals surface area contributed by atoms with Crippen LogP contribution in [-0.2, 0) is 10.0 Å². The van der Waals surface area contributed by atoms with E-state index >= 15 is 0 Å². The van der Waals surface area contributed by atoms with Crippen LogP contribution in [0.3, 0.4) is 0 Å². The first-order valence-electron chi connectivity index (χ1n) is 7.42. The summed E-state index contributed by atoms with van der Waals surface area (Å²) in [5.41, 5.74) is 0.467. The van der Waals surface area contributed by atoms with E-state index in [0.717, 1.165) is 13.0 Å². The second-order valence-corrected chi connectivity index (χ2v) is 7.02. The summed E-state index contributed by atoms with van der Waals surface area (Å²) in [6.45, 7) is 3.30. The molecule has 0 amide bonds. The van der Waals surface area contributed by atoms with Gasteiger partial charge < -0.3 is 10.1 Å². The Balaban J connectivity index is 1.71. The number of unbranched alkanes of at least 4 members (excludes halogenated alkanes) is 1. The standard InChI is InChI=1S/C14H23N3O3S/c1-2-20-14-8-7-13(11-16-14)17-21(18,19)10-4-3-9-15-12-5-6-12/h7-8,11-12,15,17H,2-6,9-10H2,1H3. The van der Waals surface area contributed by atoms with E-state index in [2.05, 4.69) is 15.0 Å². The SMILES string of the molecule is CCOc1ccc(NS(=O)(=O)CCCCNC2CC2)cn1. The van der Waals surface area contributed by atoms with Crippen LogP contribution < -0.4 is 14.8 Å². The first-order valence-corrected chi connectivity index (χ1v) is 9.07. The molecule has 1 aliphatic carbocycles. The second kappa shape index (κ2) is 7.61. The zero-order valence-corrected chi connectivity index (χ0v) is 13.2. The highest BCUT2D eigenvalue weighted by Gasteiger charge is 2.19. The molecule has 0 atom stereocenters. The fourth-order valence-electron chi connectivity index (χ4n) is 1.92. The van der Waals surface area contributed by atoms with Crippen molar-refractivity contribution < 1.29 is 13.2 Å². The van der Waals surface area contributed by atoms with Crippen LogP contribution in [0.25, 0.3) is 0 Å². The molecule has 7 heteroatoms. The number of nitrogens with zero attached hydrogens (tertiary/aromatic N) is 1. The lowest BCUT2D eigenvalue weighted by Gasteiger charge is -2.08. The fraction of sp³-hybridized carbons (Fsp3) is 0.643. The smallest absolute Gasteiger partial charge is 0.232 e. The summed E-state index contributed by atoms with van der Waals surface area (Å²) in [5, 5.41) is 3.37. The van der Waals surface area contributed by atoms with Crippen molar-refractivity contribution in [3.05, 3.63) is 18.3 Å². The topological polar surface area (TPSA) is 80.3 Å². The molecule has 21 heavy (non-hydrogen) atoms. The van der Waals surface area contributed by atoms with Gasteiger partial charge in [0.2, 0.25) is 15.9 Å². The molecule has 0 unspecified atom stereocenters. The molecule has 0 spiro atoms. The van der Waals surface area contributed by atoms with Crippen LogP contribution in [0.15, 0.2) is 18.3 Å². The summed E-state index contributed by atoms with van der Waals surface area (Å²) in [6.07, 6.45) is 5.50. The summed E-state index contributed by atoms with van der Waals surface area (Å²) in [7, 11) is -3.30. The number of hydrogen-bond donors (Lipinski definition) is 2. The van der Waals surface area contributed by atoms with Gasteiger partial charge in [0.15, 0.2) is 0 Å². The van der Waals surface area contributed by atoms with Crippen molar-refractivity contribution >= 4 is 15.7 Å². The van der Waals surface area contributed by atoms with Gasteiger partial charge in [-0.25, -0.2) is 13.4 Å². The van der Waals surface area contributed by atoms with E-state index in [4.69, 9.17) is 4.74 Å². The van der Waals surface area contributed by atoms with Crippen molar-refractivity contribution in [2.45, 2.75) is 38.6 Å². The van der Waals surface area contributed by atoms with Crippen molar-refractivity contribution in [2.24, 2.45) is 0 Å². The number of rotatable bonds is 10. The highest BCUT2D eigenvalue weighted by molar-refractivity contribution is 7.92. The predicted molar refractivity (Wildman–Crippen MR) is 83.1 cm³/mol. The Morgan fingerprint density at radius 1 is 1.33 bits per heavy atom. The highest BCUT2D eigenvalue weighted by atomic mass is 32.2. The minimum Gasteiger partial charge on any atom is -0.478 e. The Bertz CT molecular complexity index is 527. The molecule has 1 aliphatic rings. The van der Waals surface area contributed by atoms with E-state index in [9.17, 15) is 8.42 Å². The molecular weight excluding hydrogens is 290 g/mol. The van der Waals surface area contributed by atoms with E-state index in [-0.39, 0.29) is 5.75 Å². The van der Waals surface area contributed by atoms with Gasteiger partial charge >= 0.3 is 0 Å².